The third kappa shape index (κ3) is 3.85. The summed E-state index contributed by atoms with van der Waals surface area (Å²) in [5, 5.41) is 3.84. The second-order valence-corrected chi connectivity index (χ2v) is 4.26. The van der Waals surface area contributed by atoms with E-state index >= 15 is 0 Å². The van der Waals surface area contributed by atoms with E-state index in [0.29, 0.717) is 5.69 Å². The van der Waals surface area contributed by atoms with E-state index in [2.05, 4.69) is 18.4 Å². The van der Waals surface area contributed by atoms with Gasteiger partial charge in [0, 0.05) is 59.5 Å². The second kappa shape index (κ2) is 7.93. The average Bonchev–Trinajstić information content (AvgIpc) is 2.78. The summed E-state index contributed by atoms with van der Waals surface area (Å²) >= 11 is 0. The number of rotatable bonds is 2. The minimum absolute atomic E-state index is 0. The number of amides is 1. The number of carbonyl (C=O) groups is 1. The van der Waals surface area contributed by atoms with Crippen LogP contribution in [-0.4, -0.2) is 10.5 Å². The van der Waals surface area contributed by atoms with Crippen LogP contribution in [0.4, 0.5) is 5.69 Å². The molecule has 0 bridgehead atoms. The molecule has 0 saturated heterocycles. The summed E-state index contributed by atoms with van der Waals surface area (Å²) in [6.45, 7) is 0. The number of hydrogen-bond acceptors (Lipinski definition) is 1. The van der Waals surface area contributed by atoms with E-state index in [4.69, 9.17) is 0 Å². The predicted octanol–water partition coefficient (Wildman–Crippen LogP) is 3.33. The SMILES string of the molecule is [CH2-]n1c(C(=O)Nc2cc[c-]cc2)cc2ccccc21.[W].[Y]. The standard InChI is InChI=1S/C16H12N2O.W.Y/c1-18-14-10-6-5-7-12(14)11-15(18)16(19)17-13-8-3-2-4-9-13;;/h3-11H,1H2,(H,17,19);;/q-2;;. The van der Waals surface area contributed by atoms with Gasteiger partial charge >= 0.3 is 0 Å². The molecule has 0 fully saturated rings. The first kappa shape index (κ1) is 18.2. The summed E-state index contributed by atoms with van der Waals surface area (Å²) in [5.41, 5.74) is 2.22. The number of hydrogen-bond donors (Lipinski definition) is 1. The zero-order valence-electron chi connectivity index (χ0n) is 11.2. The van der Waals surface area contributed by atoms with E-state index in [9.17, 15) is 4.79 Å². The van der Waals surface area contributed by atoms with Crippen LogP contribution >= 0.6 is 0 Å². The molecule has 2 aromatic carbocycles. The zero-order chi connectivity index (χ0) is 13.2. The molecule has 0 saturated carbocycles. The third-order valence-electron chi connectivity index (χ3n) is 3.02. The van der Waals surface area contributed by atoms with Gasteiger partial charge in [0.25, 0.3) is 0 Å². The van der Waals surface area contributed by atoms with Gasteiger partial charge in [-0.2, -0.15) is 18.2 Å². The molecule has 1 N–H and O–H groups in total. The van der Waals surface area contributed by atoms with Crippen LogP contribution in [0.25, 0.3) is 10.9 Å². The van der Waals surface area contributed by atoms with Gasteiger partial charge in [-0.3, -0.25) is 4.79 Å². The molecule has 21 heavy (non-hydrogen) atoms. The van der Waals surface area contributed by atoms with E-state index in [1.807, 2.05) is 30.3 Å². The number of aromatic nitrogens is 1. The van der Waals surface area contributed by atoms with Gasteiger partial charge in [0.1, 0.15) is 0 Å². The summed E-state index contributed by atoms with van der Waals surface area (Å²) in [6, 6.07) is 19.6. The molecule has 1 heterocycles. The molecule has 3 aromatic rings. The van der Waals surface area contributed by atoms with Crippen LogP contribution in [0.15, 0.2) is 54.6 Å². The van der Waals surface area contributed by atoms with Crippen molar-refractivity contribution in [3.8, 4) is 0 Å². The Morgan fingerprint density at radius 2 is 1.81 bits per heavy atom. The van der Waals surface area contributed by atoms with Crippen molar-refractivity contribution < 1.29 is 58.6 Å². The molecule has 0 aliphatic carbocycles. The van der Waals surface area contributed by atoms with Gasteiger partial charge in [0.05, 0.1) is 0 Å². The third-order valence-corrected chi connectivity index (χ3v) is 3.02. The Hall–Kier alpha value is -0.888. The maximum Gasteiger partial charge on any atom is 0.214 e. The van der Waals surface area contributed by atoms with E-state index in [1.165, 1.54) is 0 Å². The number of benzene rings is 2. The fraction of sp³-hybridized carbons (Fsp3) is 0. The molecule has 0 aliphatic rings. The molecule has 0 spiro atoms. The van der Waals surface area contributed by atoms with Crippen LogP contribution in [0.2, 0.25) is 0 Å². The molecule has 5 heteroatoms. The fourth-order valence-electron chi connectivity index (χ4n) is 2.06. The average molecular weight is 521 g/mol. The maximum atomic E-state index is 12.2. The van der Waals surface area contributed by atoms with Crippen molar-refractivity contribution in [2.24, 2.45) is 0 Å². The number of fused-ring (bicyclic) bond motifs is 1. The second-order valence-electron chi connectivity index (χ2n) is 4.26. The summed E-state index contributed by atoms with van der Waals surface area (Å²) in [5.74, 6) is -0.169. The molecule has 0 unspecified atom stereocenters. The number of nitrogens with one attached hydrogen (secondary N) is 1. The topological polar surface area (TPSA) is 34.0 Å². The molecule has 0 aliphatic heterocycles. The summed E-state index contributed by atoms with van der Waals surface area (Å²) in [4.78, 5) is 12.2. The molecule has 3 rings (SSSR count). The molecular weight excluding hydrogens is 509 g/mol. The summed E-state index contributed by atoms with van der Waals surface area (Å²) in [7, 11) is 3.92. The number of nitrogens with zero attached hydrogens (tertiary/aromatic N) is 1. The van der Waals surface area contributed by atoms with Crippen LogP contribution in [0.5, 0.6) is 0 Å². The Morgan fingerprint density at radius 1 is 1.14 bits per heavy atom. The smallest absolute Gasteiger partial charge is 0.214 e. The molecule has 1 aromatic heterocycles. The molecule has 103 valence electrons. The van der Waals surface area contributed by atoms with Crippen molar-refractivity contribution in [1.29, 1.82) is 0 Å². The van der Waals surface area contributed by atoms with E-state index < -0.39 is 0 Å². The predicted molar refractivity (Wildman–Crippen MR) is 75.9 cm³/mol. The fourth-order valence-corrected chi connectivity index (χ4v) is 2.06. The van der Waals surface area contributed by atoms with E-state index in [-0.39, 0.29) is 59.7 Å². The minimum atomic E-state index is -0.169. The Bertz CT molecular complexity index is 740. The monoisotopic (exact) mass is 521 g/mol. The van der Waals surface area contributed by atoms with Crippen LogP contribution in [0.1, 0.15) is 10.5 Å². The molecule has 1 radical (unpaired) electrons. The molecule has 0 atom stereocenters. The van der Waals surface area contributed by atoms with Crippen molar-refractivity contribution in [2.75, 3.05) is 5.32 Å². The van der Waals surface area contributed by atoms with Crippen molar-refractivity contribution >= 4 is 22.5 Å². The van der Waals surface area contributed by atoms with Crippen molar-refractivity contribution in [1.82, 2.24) is 4.57 Å². The Balaban J connectivity index is 0.00000110. The van der Waals surface area contributed by atoms with Gasteiger partial charge in [-0.1, -0.05) is 46.9 Å². The normalized spacial score (nSPS) is 9.52. The Morgan fingerprint density at radius 3 is 2.48 bits per heavy atom. The summed E-state index contributed by atoms with van der Waals surface area (Å²) in [6.07, 6.45) is 0. The van der Waals surface area contributed by atoms with Gasteiger partial charge in [0.15, 0.2) is 0 Å². The molecular formula is C16H12N2OWY-2. The number of carbonyl (C=O) groups excluding carboxylic acids is 1. The van der Waals surface area contributed by atoms with Gasteiger partial charge in [-0.15, -0.1) is 19.2 Å². The van der Waals surface area contributed by atoms with Gasteiger partial charge in [-0.25, -0.2) is 0 Å². The first-order chi connectivity index (χ1) is 9.25. The van der Waals surface area contributed by atoms with Gasteiger partial charge in [0.2, 0.25) is 5.91 Å². The maximum absolute atomic E-state index is 12.2. The Kier molecular flexibility index (Phi) is 6.86. The summed E-state index contributed by atoms with van der Waals surface area (Å²) < 4.78 is 1.65. The van der Waals surface area contributed by atoms with Crippen molar-refractivity contribution in [3.05, 3.63) is 73.4 Å². The number of anilines is 1. The zero-order valence-corrected chi connectivity index (χ0v) is 17.0. The van der Waals surface area contributed by atoms with Gasteiger partial charge in [-0.05, 0) is 0 Å². The van der Waals surface area contributed by atoms with Crippen LogP contribution in [0, 0.1) is 13.1 Å². The quantitative estimate of drug-likeness (QED) is 0.517. The van der Waals surface area contributed by atoms with E-state index in [1.54, 1.807) is 28.8 Å². The number of para-hydroxylation sites is 1. The van der Waals surface area contributed by atoms with Crippen molar-refractivity contribution in [2.45, 2.75) is 0 Å². The van der Waals surface area contributed by atoms with Crippen LogP contribution in [0.3, 0.4) is 0 Å². The van der Waals surface area contributed by atoms with Crippen LogP contribution < -0.4 is 5.32 Å². The van der Waals surface area contributed by atoms with Gasteiger partial charge < -0.3 is 9.88 Å². The van der Waals surface area contributed by atoms with E-state index in [0.717, 1.165) is 16.6 Å². The first-order valence-electron chi connectivity index (χ1n) is 5.94. The minimum Gasteiger partial charge on any atom is -0.477 e. The van der Waals surface area contributed by atoms with Crippen LogP contribution in [-0.2, 0) is 53.8 Å². The largest absolute Gasteiger partial charge is 0.477 e. The molecule has 3 nitrogen and oxygen atoms in total. The first-order valence-corrected chi connectivity index (χ1v) is 5.94. The Labute approximate surface area is 163 Å². The molecule has 1 amide bonds. The van der Waals surface area contributed by atoms with Crippen molar-refractivity contribution in [3.63, 3.8) is 0 Å².